The van der Waals surface area contributed by atoms with Crippen molar-refractivity contribution in [3.8, 4) is 16.9 Å². The Kier molecular flexibility index (Phi) is 4.86. The highest BCUT2D eigenvalue weighted by Gasteiger charge is 2.23. The molecule has 1 fully saturated rings. The third-order valence-corrected chi connectivity index (χ3v) is 5.02. The lowest BCUT2D eigenvalue weighted by molar-refractivity contribution is 0.0940. The minimum Gasteiger partial charge on any atom is -0.494 e. The molecular weight excluding hydrogens is 308 g/mol. The fraction of sp³-hybridized carbons (Fsp3) is 0.389. The molecule has 0 bridgehead atoms. The Morgan fingerprint density at radius 3 is 2.65 bits per heavy atom. The maximum absolute atomic E-state index is 12.6. The number of ether oxygens (including phenoxy) is 1. The number of benzene rings is 1. The number of carbonyl (C=O) groups is 1. The van der Waals surface area contributed by atoms with E-state index in [1.54, 1.807) is 0 Å². The van der Waals surface area contributed by atoms with Gasteiger partial charge in [0.15, 0.2) is 0 Å². The quantitative estimate of drug-likeness (QED) is 0.868. The molecule has 0 unspecified atom stereocenters. The Hall–Kier alpha value is -2.01. The molecule has 0 atom stereocenters. The summed E-state index contributed by atoms with van der Waals surface area (Å²) in [6.45, 7) is 2.60. The Morgan fingerprint density at radius 2 is 2.00 bits per heavy atom. The highest BCUT2D eigenvalue weighted by Crippen LogP contribution is 2.34. The van der Waals surface area contributed by atoms with E-state index in [0.717, 1.165) is 29.7 Å². The molecule has 5 heteroatoms. The highest BCUT2D eigenvalue weighted by atomic mass is 32.1. The van der Waals surface area contributed by atoms with Gasteiger partial charge in [0, 0.05) is 17.0 Å². The molecule has 0 radical (unpaired) electrons. The predicted octanol–water partition coefficient (Wildman–Crippen LogP) is 4.07. The zero-order valence-corrected chi connectivity index (χ0v) is 14.1. The van der Waals surface area contributed by atoms with Crippen molar-refractivity contribution in [3.05, 3.63) is 35.2 Å². The number of carbonyl (C=O) groups excluding carboxylic acids is 1. The van der Waals surface area contributed by atoms with Gasteiger partial charge in [-0.25, -0.2) is 0 Å². The molecule has 1 aromatic heterocycles. The lowest BCUT2D eigenvalue weighted by Crippen LogP contribution is -2.33. The zero-order chi connectivity index (χ0) is 16.2. The van der Waals surface area contributed by atoms with Gasteiger partial charge in [0.05, 0.1) is 17.2 Å². The molecule has 2 aromatic rings. The smallest absolute Gasteiger partial charge is 0.255 e. The molecule has 0 aliphatic heterocycles. The Labute approximate surface area is 140 Å². The van der Waals surface area contributed by atoms with Crippen LogP contribution in [-0.2, 0) is 0 Å². The minimum absolute atomic E-state index is 0.0560. The van der Waals surface area contributed by atoms with Crippen LogP contribution < -0.4 is 15.8 Å². The van der Waals surface area contributed by atoms with Crippen molar-refractivity contribution in [2.45, 2.75) is 38.6 Å². The van der Waals surface area contributed by atoms with E-state index in [1.807, 2.05) is 36.6 Å². The molecule has 0 saturated heterocycles. The van der Waals surface area contributed by atoms with Crippen LogP contribution >= 0.6 is 11.3 Å². The van der Waals surface area contributed by atoms with Gasteiger partial charge in [0.2, 0.25) is 0 Å². The van der Waals surface area contributed by atoms with Crippen molar-refractivity contribution in [1.29, 1.82) is 0 Å². The summed E-state index contributed by atoms with van der Waals surface area (Å²) in [6, 6.07) is 8.07. The van der Waals surface area contributed by atoms with E-state index in [4.69, 9.17) is 10.5 Å². The van der Waals surface area contributed by atoms with Crippen LogP contribution in [0.2, 0.25) is 0 Å². The van der Waals surface area contributed by atoms with Crippen molar-refractivity contribution in [2.75, 3.05) is 12.3 Å². The zero-order valence-electron chi connectivity index (χ0n) is 13.3. The van der Waals surface area contributed by atoms with Gasteiger partial charge >= 0.3 is 0 Å². The molecule has 1 aromatic carbocycles. The second-order valence-corrected chi connectivity index (χ2v) is 6.71. The maximum Gasteiger partial charge on any atom is 0.255 e. The second kappa shape index (κ2) is 7.04. The van der Waals surface area contributed by atoms with Gasteiger partial charge in [-0.15, -0.1) is 11.3 Å². The number of hydrogen-bond donors (Lipinski definition) is 2. The summed E-state index contributed by atoms with van der Waals surface area (Å²) in [6.07, 6.45) is 4.51. The third-order valence-electron chi connectivity index (χ3n) is 4.21. The fourth-order valence-electron chi connectivity index (χ4n) is 3.04. The minimum atomic E-state index is -0.0560. The molecule has 0 spiro atoms. The first-order valence-corrected chi connectivity index (χ1v) is 8.98. The number of nitrogens with two attached hydrogens (primary N) is 1. The molecule has 3 N–H and O–H groups in total. The topological polar surface area (TPSA) is 64.3 Å². The molecule has 1 amide bonds. The Balaban J connectivity index is 1.84. The third kappa shape index (κ3) is 3.50. The summed E-state index contributed by atoms with van der Waals surface area (Å²) in [5, 5.41) is 5.65. The van der Waals surface area contributed by atoms with Gasteiger partial charge in [0.25, 0.3) is 5.91 Å². The van der Waals surface area contributed by atoms with Crippen LogP contribution in [0.15, 0.2) is 29.6 Å². The number of nitrogens with one attached hydrogen (secondary N) is 1. The summed E-state index contributed by atoms with van der Waals surface area (Å²) in [5.41, 5.74) is 8.55. The van der Waals surface area contributed by atoms with E-state index in [2.05, 4.69) is 5.32 Å². The van der Waals surface area contributed by atoms with Crippen LogP contribution in [0.1, 0.15) is 43.0 Å². The average Bonchev–Trinajstić information content (AvgIpc) is 3.18. The van der Waals surface area contributed by atoms with E-state index in [9.17, 15) is 4.79 Å². The lowest BCUT2D eigenvalue weighted by atomic mass is 10.0. The number of amides is 1. The first-order chi connectivity index (χ1) is 11.2. The van der Waals surface area contributed by atoms with Crippen LogP contribution in [0.25, 0.3) is 11.1 Å². The van der Waals surface area contributed by atoms with Crippen molar-refractivity contribution in [3.63, 3.8) is 0 Å². The monoisotopic (exact) mass is 330 g/mol. The van der Waals surface area contributed by atoms with Gasteiger partial charge in [-0.2, -0.15) is 0 Å². The van der Waals surface area contributed by atoms with Crippen LogP contribution in [0.4, 0.5) is 5.00 Å². The number of anilines is 1. The van der Waals surface area contributed by atoms with Crippen molar-refractivity contribution >= 4 is 22.2 Å². The average molecular weight is 330 g/mol. The lowest BCUT2D eigenvalue weighted by Gasteiger charge is -2.13. The molecule has 3 rings (SSSR count). The Bertz CT molecular complexity index is 673. The van der Waals surface area contributed by atoms with Crippen LogP contribution in [-0.4, -0.2) is 18.6 Å². The van der Waals surface area contributed by atoms with Crippen molar-refractivity contribution < 1.29 is 9.53 Å². The van der Waals surface area contributed by atoms with Gasteiger partial charge in [-0.3, -0.25) is 4.79 Å². The molecule has 122 valence electrons. The molecule has 1 aliphatic carbocycles. The first-order valence-electron chi connectivity index (χ1n) is 8.10. The van der Waals surface area contributed by atoms with E-state index in [1.165, 1.54) is 24.2 Å². The molecule has 1 heterocycles. The number of thiophene rings is 1. The first kappa shape index (κ1) is 15.9. The molecule has 4 nitrogen and oxygen atoms in total. The highest BCUT2D eigenvalue weighted by molar-refractivity contribution is 7.15. The molecule has 23 heavy (non-hydrogen) atoms. The van der Waals surface area contributed by atoms with E-state index in [-0.39, 0.29) is 11.9 Å². The SMILES string of the molecule is CCOc1ccc(-c2csc(N)c2C(=O)NC2CCCC2)cc1. The number of nitrogen functional groups attached to an aromatic ring is 1. The summed E-state index contributed by atoms with van der Waals surface area (Å²) < 4.78 is 5.47. The van der Waals surface area contributed by atoms with Crippen molar-refractivity contribution in [2.24, 2.45) is 0 Å². The summed E-state index contributed by atoms with van der Waals surface area (Å²) in [5.74, 6) is 0.774. The summed E-state index contributed by atoms with van der Waals surface area (Å²) in [4.78, 5) is 12.6. The normalized spacial score (nSPS) is 14.8. The van der Waals surface area contributed by atoms with Gasteiger partial charge in [-0.1, -0.05) is 25.0 Å². The molecule has 1 saturated carbocycles. The van der Waals surface area contributed by atoms with Crippen LogP contribution in [0.5, 0.6) is 5.75 Å². The molecule has 1 aliphatic rings. The van der Waals surface area contributed by atoms with Gasteiger partial charge < -0.3 is 15.8 Å². The standard InChI is InChI=1S/C18H22N2O2S/c1-2-22-14-9-7-12(8-10-14)15-11-23-17(19)16(15)18(21)20-13-5-3-4-6-13/h7-11,13H,2-6,19H2,1H3,(H,20,21). The number of rotatable bonds is 5. The second-order valence-electron chi connectivity index (χ2n) is 5.80. The van der Waals surface area contributed by atoms with Gasteiger partial charge in [0.1, 0.15) is 5.75 Å². The van der Waals surface area contributed by atoms with Crippen molar-refractivity contribution in [1.82, 2.24) is 5.32 Å². The predicted molar refractivity (Wildman–Crippen MR) is 95.1 cm³/mol. The van der Waals surface area contributed by atoms with E-state index >= 15 is 0 Å². The summed E-state index contributed by atoms with van der Waals surface area (Å²) >= 11 is 1.41. The fourth-order valence-corrected chi connectivity index (χ4v) is 3.86. The Morgan fingerprint density at radius 1 is 1.30 bits per heavy atom. The number of hydrogen-bond acceptors (Lipinski definition) is 4. The van der Waals surface area contributed by atoms with E-state index in [0.29, 0.717) is 17.2 Å². The van der Waals surface area contributed by atoms with Crippen LogP contribution in [0.3, 0.4) is 0 Å². The summed E-state index contributed by atoms with van der Waals surface area (Å²) in [7, 11) is 0. The molecular formula is C18H22N2O2S. The van der Waals surface area contributed by atoms with Crippen LogP contribution in [0, 0.1) is 0 Å². The van der Waals surface area contributed by atoms with Gasteiger partial charge in [-0.05, 0) is 37.5 Å². The largest absolute Gasteiger partial charge is 0.494 e. The van der Waals surface area contributed by atoms with E-state index < -0.39 is 0 Å². The maximum atomic E-state index is 12.6.